The van der Waals surface area contributed by atoms with Gasteiger partial charge in [-0.2, -0.15) is 0 Å². The summed E-state index contributed by atoms with van der Waals surface area (Å²) < 4.78 is 5.00. The van der Waals surface area contributed by atoms with Gasteiger partial charge >= 0.3 is 6.09 Å². The number of amides is 1. The van der Waals surface area contributed by atoms with E-state index < -0.39 is 18.3 Å². The minimum absolute atomic E-state index is 0.108. The zero-order valence-electron chi connectivity index (χ0n) is 12.8. The van der Waals surface area contributed by atoms with E-state index in [2.05, 4.69) is 10.3 Å². The Hall–Kier alpha value is -2.77. The minimum atomic E-state index is -1.29. The largest absolute Gasteiger partial charge is 0.445 e. The Morgan fingerprint density at radius 2 is 2.00 bits per heavy atom. The summed E-state index contributed by atoms with van der Waals surface area (Å²) in [5, 5.41) is 22.3. The van der Waals surface area contributed by atoms with Gasteiger partial charge in [-0.05, 0) is 11.6 Å². The number of hydrogen-bond acceptors (Lipinski definition) is 6. The average molecular weight is 330 g/mol. The van der Waals surface area contributed by atoms with Gasteiger partial charge in [-0.3, -0.25) is 9.78 Å². The van der Waals surface area contributed by atoms with Crippen LogP contribution < -0.4 is 5.32 Å². The molecule has 1 heterocycles. The number of rotatable bonds is 7. The molecule has 0 radical (unpaired) electrons. The lowest BCUT2D eigenvalue weighted by Crippen LogP contribution is -2.35. The molecule has 2 rings (SSSR count). The molecule has 126 valence electrons. The van der Waals surface area contributed by atoms with Crippen molar-refractivity contribution in [2.75, 3.05) is 6.54 Å². The fourth-order valence-electron chi connectivity index (χ4n) is 2.00. The van der Waals surface area contributed by atoms with Crippen molar-refractivity contribution in [2.45, 2.75) is 18.8 Å². The van der Waals surface area contributed by atoms with Crippen molar-refractivity contribution in [1.82, 2.24) is 10.3 Å². The molecular formula is C17H18N2O5. The zero-order valence-corrected chi connectivity index (χ0v) is 12.8. The number of carbonyl (C=O) groups is 2. The van der Waals surface area contributed by atoms with E-state index in [0.717, 1.165) is 5.56 Å². The molecule has 0 aliphatic rings. The maximum Gasteiger partial charge on any atom is 0.407 e. The van der Waals surface area contributed by atoms with Gasteiger partial charge < -0.3 is 20.3 Å². The Morgan fingerprint density at radius 3 is 2.71 bits per heavy atom. The molecule has 2 atom stereocenters. The van der Waals surface area contributed by atoms with Crippen molar-refractivity contribution in [1.29, 1.82) is 0 Å². The van der Waals surface area contributed by atoms with E-state index in [4.69, 9.17) is 4.74 Å². The Kier molecular flexibility index (Phi) is 6.41. The van der Waals surface area contributed by atoms with Crippen LogP contribution in [-0.4, -0.2) is 40.2 Å². The van der Waals surface area contributed by atoms with Crippen LogP contribution in [-0.2, 0) is 11.3 Å². The van der Waals surface area contributed by atoms with Gasteiger partial charge in [0.15, 0.2) is 6.29 Å². The van der Waals surface area contributed by atoms with E-state index >= 15 is 0 Å². The first-order valence-electron chi connectivity index (χ1n) is 7.31. The highest BCUT2D eigenvalue weighted by molar-refractivity contribution is 5.74. The third-order valence-electron chi connectivity index (χ3n) is 3.29. The van der Waals surface area contributed by atoms with Crippen molar-refractivity contribution in [3.63, 3.8) is 0 Å². The molecule has 1 aromatic heterocycles. The van der Waals surface area contributed by atoms with Crippen LogP contribution in [0.25, 0.3) is 0 Å². The van der Waals surface area contributed by atoms with Crippen LogP contribution in [0.5, 0.6) is 0 Å². The molecule has 0 aliphatic carbocycles. The van der Waals surface area contributed by atoms with Crippen LogP contribution in [0.3, 0.4) is 0 Å². The first-order valence-corrected chi connectivity index (χ1v) is 7.31. The number of hydrogen-bond donors (Lipinski definition) is 3. The predicted octanol–water partition coefficient (Wildman–Crippen LogP) is 1.21. The molecule has 2 aromatic rings. The number of nitrogens with one attached hydrogen (secondary N) is 1. The summed E-state index contributed by atoms with van der Waals surface area (Å²) in [6.45, 7) is -0.100. The van der Waals surface area contributed by atoms with Gasteiger partial charge in [-0.1, -0.05) is 30.3 Å². The summed E-state index contributed by atoms with van der Waals surface area (Å²) in [7, 11) is 0. The highest BCUT2D eigenvalue weighted by Crippen LogP contribution is 2.16. The summed E-state index contributed by atoms with van der Waals surface area (Å²) in [6, 6.07) is 10.6. The number of alkyl carbamates (subject to hydrolysis) is 1. The number of carbonyl (C=O) groups excluding carboxylic acids is 2. The maximum absolute atomic E-state index is 11.6. The number of ether oxygens (including phenoxy) is 1. The lowest BCUT2D eigenvalue weighted by molar-refractivity contribution is 0.0182. The molecule has 0 aliphatic heterocycles. The molecule has 24 heavy (non-hydrogen) atoms. The molecule has 0 fully saturated rings. The molecule has 3 N–H and O–H groups in total. The zero-order chi connectivity index (χ0) is 17.4. The number of aliphatic hydroxyl groups excluding tert-OH is 2. The molecule has 7 heteroatoms. The normalized spacial score (nSPS) is 12.9. The van der Waals surface area contributed by atoms with Crippen LogP contribution in [0, 0.1) is 0 Å². The Balaban J connectivity index is 1.79. The van der Waals surface area contributed by atoms with Crippen LogP contribution >= 0.6 is 0 Å². The van der Waals surface area contributed by atoms with Crippen LogP contribution in [0.4, 0.5) is 4.79 Å². The second-order valence-corrected chi connectivity index (χ2v) is 5.12. The second kappa shape index (κ2) is 8.76. The highest BCUT2D eigenvalue weighted by Gasteiger charge is 2.20. The molecule has 7 nitrogen and oxygen atoms in total. The van der Waals surface area contributed by atoms with E-state index in [1.54, 1.807) is 0 Å². The van der Waals surface area contributed by atoms with Gasteiger partial charge in [0.2, 0.25) is 0 Å². The quantitative estimate of drug-likeness (QED) is 0.659. The van der Waals surface area contributed by atoms with Gasteiger partial charge in [-0.15, -0.1) is 0 Å². The summed E-state index contributed by atoms with van der Waals surface area (Å²) in [4.78, 5) is 26.1. The maximum atomic E-state index is 11.6. The lowest BCUT2D eigenvalue weighted by atomic mass is 10.1. The van der Waals surface area contributed by atoms with Crippen LogP contribution in [0.2, 0.25) is 0 Å². The summed E-state index contributed by atoms with van der Waals surface area (Å²) in [5.74, 6) is 0. The fourth-order valence-corrected chi connectivity index (χ4v) is 2.00. The van der Waals surface area contributed by atoms with Crippen molar-refractivity contribution in [3.05, 3.63) is 65.5 Å². The van der Waals surface area contributed by atoms with E-state index in [1.807, 2.05) is 30.3 Å². The SMILES string of the molecule is O=Cc1cncc(C(O)C(O)CNC(=O)OCc2ccccc2)c1. The monoisotopic (exact) mass is 330 g/mol. The van der Waals surface area contributed by atoms with Crippen LogP contribution in [0.15, 0.2) is 48.8 Å². The second-order valence-electron chi connectivity index (χ2n) is 5.12. The Morgan fingerprint density at radius 1 is 1.25 bits per heavy atom. The number of nitrogens with zero attached hydrogens (tertiary/aromatic N) is 1. The van der Waals surface area contributed by atoms with Crippen LogP contribution in [0.1, 0.15) is 27.6 Å². The molecule has 0 spiro atoms. The molecule has 1 aromatic carbocycles. The topological polar surface area (TPSA) is 109 Å². The lowest BCUT2D eigenvalue weighted by Gasteiger charge is -2.18. The smallest absolute Gasteiger partial charge is 0.407 e. The summed E-state index contributed by atoms with van der Waals surface area (Å²) >= 11 is 0. The Labute approximate surface area is 138 Å². The molecule has 0 saturated heterocycles. The van der Waals surface area contributed by atoms with Gasteiger partial charge in [0, 0.05) is 30.1 Å². The van der Waals surface area contributed by atoms with E-state index in [-0.39, 0.29) is 24.3 Å². The van der Waals surface area contributed by atoms with Gasteiger partial charge in [-0.25, -0.2) is 4.79 Å². The van der Waals surface area contributed by atoms with Crippen molar-refractivity contribution < 1.29 is 24.5 Å². The van der Waals surface area contributed by atoms with Gasteiger partial charge in [0.25, 0.3) is 0 Å². The van der Waals surface area contributed by atoms with Gasteiger partial charge in [0.1, 0.15) is 18.8 Å². The number of aromatic nitrogens is 1. The first-order chi connectivity index (χ1) is 11.6. The fraction of sp³-hybridized carbons (Fsp3) is 0.235. The number of pyridine rings is 1. The van der Waals surface area contributed by atoms with E-state index in [9.17, 15) is 19.8 Å². The van der Waals surface area contributed by atoms with Crippen molar-refractivity contribution in [3.8, 4) is 0 Å². The van der Waals surface area contributed by atoms with E-state index in [1.165, 1.54) is 18.5 Å². The average Bonchev–Trinajstić information content (AvgIpc) is 2.64. The third-order valence-corrected chi connectivity index (χ3v) is 3.29. The van der Waals surface area contributed by atoms with E-state index in [0.29, 0.717) is 6.29 Å². The Bertz CT molecular complexity index is 678. The number of aldehydes is 1. The first kappa shape index (κ1) is 17.6. The standard InChI is InChI=1S/C17H18N2O5/c20-10-13-6-14(8-18-7-13)16(22)15(21)9-19-17(23)24-11-12-4-2-1-3-5-12/h1-8,10,15-16,21-22H,9,11H2,(H,19,23). The van der Waals surface area contributed by atoms with Gasteiger partial charge in [0.05, 0.1) is 0 Å². The summed E-state index contributed by atoms with van der Waals surface area (Å²) in [6.07, 6.45) is 0.0211. The highest BCUT2D eigenvalue weighted by atomic mass is 16.5. The number of benzene rings is 1. The predicted molar refractivity (Wildman–Crippen MR) is 85.2 cm³/mol. The van der Waals surface area contributed by atoms with Crippen molar-refractivity contribution in [2.24, 2.45) is 0 Å². The molecule has 2 unspecified atom stereocenters. The third kappa shape index (κ3) is 5.15. The minimum Gasteiger partial charge on any atom is -0.445 e. The molecule has 1 amide bonds. The van der Waals surface area contributed by atoms with Crippen molar-refractivity contribution >= 4 is 12.4 Å². The molecule has 0 bridgehead atoms. The summed E-state index contributed by atoms with van der Waals surface area (Å²) in [5.41, 5.74) is 1.41. The molecule has 0 saturated carbocycles. The molecular weight excluding hydrogens is 312 g/mol. The number of aliphatic hydroxyl groups is 2.